The summed E-state index contributed by atoms with van der Waals surface area (Å²) in [6.45, 7) is 3.38. The van der Waals surface area contributed by atoms with E-state index in [0.29, 0.717) is 11.2 Å². The Hall–Kier alpha value is -2.13. The third-order valence-electron chi connectivity index (χ3n) is 2.94. The number of amides is 1. The van der Waals surface area contributed by atoms with Crippen LogP contribution in [0.15, 0.2) is 11.6 Å². The highest BCUT2D eigenvalue weighted by atomic mass is 32.1. The molecule has 1 aromatic heterocycles. The van der Waals surface area contributed by atoms with Crippen LogP contribution in [0.1, 0.15) is 37.8 Å². The van der Waals surface area contributed by atoms with E-state index in [2.05, 4.69) is 10.3 Å². The average molecular weight is 355 g/mol. The summed E-state index contributed by atoms with van der Waals surface area (Å²) < 4.78 is 10.3. The average Bonchev–Trinajstić information content (AvgIpc) is 3.05. The molecule has 0 aliphatic carbocycles. The van der Waals surface area contributed by atoms with Gasteiger partial charge in [-0.15, -0.1) is 11.3 Å². The van der Waals surface area contributed by atoms with Gasteiger partial charge in [0.05, 0.1) is 12.3 Å². The number of hydrogen-bond donors (Lipinski definition) is 2. The van der Waals surface area contributed by atoms with Crippen molar-refractivity contribution in [3.63, 3.8) is 0 Å². The van der Waals surface area contributed by atoms with Gasteiger partial charge in [-0.1, -0.05) is 0 Å². The first-order valence-electron chi connectivity index (χ1n) is 7.35. The number of ketones is 1. The lowest BCUT2D eigenvalue weighted by molar-refractivity contribution is -0.152. The van der Waals surface area contributed by atoms with Gasteiger partial charge >= 0.3 is 5.97 Å². The molecular formula is C15H21N3O5S. The van der Waals surface area contributed by atoms with Gasteiger partial charge in [-0.3, -0.25) is 9.59 Å². The fourth-order valence-electron chi connectivity index (χ4n) is 1.85. The molecule has 0 bridgehead atoms. The van der Waals surface area contributed by atoms with E-state index in [-0.39, 0.29) is 18.9 Å². The van der Waals surface area contributed by atoms with Crippen LogP contribution in [0.2, 0.25) is 0 Å². The molecule has 24 heavy (non-hydrogen) atoms. The fraction of sp³-hybridized carbons (Fsp3) is 0.533. The number of nitrogens with zero attached hydrogens (tertiary/aromatic N) is 1. The summed E-state index contributed by atoms with van der Waals surface area (Å²) in [6.07, 6.45) is 0.925. The van der Waals surface area contributed by atoms with Crippen molar-refractivity contribution in [1.82, 2.24) is 10.3 Å². The normalized spacial score (nSPS) is 13.2. The fourth-order valence-corrected chi connectivity index (χ4v) is 2.56. The molecule has 9 heteroatoms. The number of thiazole rings is 1. The predicted molar refractivity (Wildman–Crippen MR) is 88.0 cm³/mol. The van der Waals surface area contributed by atoms with Crippen molar-refractivity contribution in [2.75, 3.05) is 7.11 Å². The Balaban J connectivity index is 2.81. The molecule has 2 N–H and O–H groups in total. The van der Waals surface area contributed by atoms with Crippen LogP contribution in [-0.4, -0.2) is 48.1 Å². The topological polar surface area (TPSA) is 118 Å². The number of Topliss-reactive ketones (excluding diaryl/α,β-unsaturated/α-hetero) is 1. The van der Waals surface area contributed by atoms with Crippen molar-refractivity contribution >= 4 is 35.2 Å². The quantitative estimate of drug-likeness (QED) is 0.482. The maximum atomic E-state index is 12.4. The van der Waals surface area contributed by atoms with E-state index in [1.807, 2.05) is 0 Å². The van der Waals surface area contributed by atoms with Gasteiger partial charge in [-0.2, -0.15) is 0 Å². The van der Waals surface area contributed by atoms with Crippen molar-refractivity contribution in [3.8, 4) is 0 Å². The van der Waals surface area contributed by atoms with E-state index >= 15 is 0 Å². The van der Waals surface area contributed by atoms with Crippen LogP contribution >= 0.6 is 11.3 Å². The van der Waals surface area contributed by atoms with Crippen molar-refractivity contribution in [3.05, 3.63) is 16.6 Å². The zero-order valence-corrected chi connectivity index (χ0v) is 14.6. The smallest absolute Gasteiger partial charge is 0.328 e. The summed E-state index contributed by atoms with van der Waals surface area (Å²) in [7, 11) is 1.37. The summed E-state index contributed by atoms with van der Waals surface area (Å²) in [4.78, 5) is 39.8. The molecule has 1 amide bonds. The molecule has 0 spiro atoms. The highest BCUT2D eigenvalue weighted by Gasteiger charge is 2.29. The zero-order valence-electron chi connectivity index (χ0n) is 13.8. The first-order valence-corrected chi connectivity index (χ1v) is 8.23. The van der Waals surface area contributed by atoms with Crippen LogP contribution < -0.4 is 5.32 Å². The minimum absolute atomic E-state index is 0.0415. The van der Waals surface area contributed by atoms with Crippen LogP contribution in [0.5, 0.6) is 0 Å². The molecule has 1 heterocycles. The maximum Gasteiger partial charge on any atom is 0.328 e. The van der Waals surface area contributed by atoms with Crippen molar-refractivity contribution in [2.24, 2.45) is 0 Å². The van der Waals surface area contributed by atoms with E-state index in [0.717, 1.165) is 0 Å². The Morgan fingerprint density at radius 1 is 1.42 bits per heavy atom. The van der Waals surface area contributed by atoms with Crippen LogP contribution in [0, 0.1) is 5.41 Å². The second-order valence-corrected chi connectivity index (χ2v) is 6.11. The van der Waals surface area contributed by atoms with Crippen molar-refractivity contribution in [1.29, 1.82) is 5.41 Å². The Kier molecular flexibility index (Phi) is 8.20. The number of esters is 1. The van der Waals surface area contributed by atoms with E-state index in [4.69, 9.17) is 14.9 Å². The molecule has 0 aromatic carbocycles. The summed E-state index contributed by atoms with van der Waals surface area (Å²) in [5.74, 6) is -1.61. The SMILES string of the molecule is CO[C@@H](C(=O)N[C@@H](CCC(=O)C=N)C(=O)OC(C)C)c1nccs1. The number of ether oxygens (including phenoxy) is 2. The van der Waals surface area contributed by atoms with Gasteiger partial charge in [0, 0.05) is 25.1 Å². The van der Waals surface area contributed by atoms with Gasteiger partial charge in [0.15, 0.2) is 11.9 Å². The summed E-state index contributed by atoms with van der Waals surface area (Å²) in [5, 5.41) is 11.6. The molecule has 1 rings (SSSR count). The molecule has 0 radical (unpaired) electrons. The molecule has 0 unspecified atom stereocenters. The predicted octanol–water partition coefficient (Wildman–Crippen LogP) is 1.27. The van der Waals surface area contributed by atoms with E-state index < -0.39 is 29.8 Å². The van der Waals surface area contributed by atoms with Crippen LogP contribution in [-0.2, 0) is 23.9 Å². The first-order chi connectivity index (χ1) is 11.4. The van der Waals surface area contributed by atoms with Gasteiger partial charge < -0.3 is 20.2 Å². The molecule has 8 nitrogen and oxygen atoms in total. The molecule has 132 valence electrons. The second kappa shape index (κ2) is 9.89. The molecule has 0 fully saturated rings. The minimum atomic E-state index is -0.999. The monoisotopic (exact) mass is 355 g/mol. The third-order valence-corrected chi connectivity index (χ3v) is 3.76. The second-order valence-electron chi connectivity index (χ2n) is 5.18. The van der Waals surface area contributed by atoms with Crippen molar-refractivity contribution in [2.45, 2.75) is 44.9 Å². The molecular weight excluding hydrogens is 334 g/mol. The highest BCUT2D eigenvalue weighted by molar-refractivity contribution is 7.09. The molecule has 1 aromatic rings. The molecule has 0 saturated carbocycles. The molecule has 0 saturated heterocycles. The Morgan fingerprint density at radius 3 is 2.62 bits per heavy atom. The Morgan fingerprint density at radius 2 is 2.12 bits per heavy atom. The Bertz CT molecular complexity index is 574. The van der Waals surface area contributed by atoms with Gasteiger partial charge in [-0.25, -0.2) is 9.78 Å². The number of nitrogens with one attached hydrogen (secondary N) is 2. The largest absolute Gasteiger partial charge is 0.461 e. The number of rotatable bonds is 10. The van der Waals surface area contributed by atoms with E-state index in [1.165, 1.54) is 18.4 Å². The standard InChI is InChI=1S/C15H21N3O5S/c1-9(2)23-15(21)11(5-4-10(19)8-16)18-13(20)12(22-3)14-17-6-7-24-14/h6-9,11-12,16H,4-5H2,1-3H3,(H,18,20)/t11-,12-/m0/s1. The van der Waals surface area contributed by atoms with Crippen molar-refractivity contribution < 1.29 is 23.9 Å². The van der Waals surface area contributed by atoms with Gasteiger partial charge in [0.2, 0.25) is 0 Å². The lowest BCUT2D eigenvalue weighted by Crippen LogP contribution is -2.45. The van der Waals surface area contributed by atoms with E-state index in [1.54, 1.807) is 25.4 Å². The molecule has 2 atom stereocenters. The van der Waals surface area contributed by atoms with Crippen LogP contribution in [0.3, 0.4) is 0 Å². The molecule has 0 aliphatic rings. The number of carbonyl (C=O) groups is 3. The van der Waals surface area contributed by atoms with Gasteiger partial charge in [0.1, 0.15) is 11.0 Å². The number of carbonyl (C=O) groups excluding carboxylic acids is 3. The summed E-state index contributed by atoms with van der Waals surface area (Å²) in [6, 6.07) is -0.999. The first kappa shape index (κ1) is 19.9. The zero-order chi connectivity index (χ0) is 18.1. The number of hydrogen-bond acceptors (Lipinski definition) is 8. The highest BCUT2D eigenvalue weighted by Crippen LogP contribution is 2.19. The lowest BCUT2D eigenvalue weighted by Gasteiger charge is -2.21. The summed E-state index contributed by atoms with van der Waals surface area (Å²) in [5.41, 5.74) is 0. The van der Waals surface area contributed by atoms with Gasteiger partial charge in [-0.05, 0) is 20.3 Å². The summed E-state index contributed by atoms with van der Waals surface area (Å²) >= 11 is 1.25. The van der Waals surface area contributed by atoms with Crippen LogP contribution in [0.4, 0.5) is 0 Å². The Labute approximate surface area is 144 Å². The molecule has 0 aliphatic heterocycles. The minimum Gasteiger partial charge on any atom is -0.461 e. The maximum absolute atomic E-state index is 12.4. The number of methoxy groups -OCH3 is 1. The van der Waals surface area contributed by atoms with Gasteiger partial charge in [0.25, 0.3) is 5.91 Å². The van der Waals surface area contributed by atoms with E-state index in [9.17, 15) is 14.4 Å². The van der Waals surface area contributed by atoms with Crippen LogP contribution in [0.25, 0.3) is 0 Å². The number of aromatic nitrogens is 1. The lowest BCUT2D eigenvalue weighted by atomic mass is 10.1. The third kappa shape index (κ3) is 6.17.